The molecule has 1 heterocycles. The predicted molar refractivity (Wildman–Crippen MR) is 57.6 cm³/mol. The minimum atomic E-state index is -0.620. The van der Waals surface area contributed by atoms with Crippen LogP contribution in [-0.2, 0) is 25.6 Å². The Morgan fingerprint density at radius 1 is 1.39 bits per heavy atom. The normalized spacial score (nSPS) is 9.89. The van der Waals surface area contributed by atoms with Gasteiger partial charge in [0.05, 0.1) is 19.9 Å². The van der Waals surface area contributed by atoms with Crippen LogP contribution in [0.15, 0.2) is 6.20 Å². The lowest BCUT2D eigenvalue weighted by Gasteiger charge is -1.99. The van der Waals surface area contributed by atoms with E-state index in [4.69, 9.17) is 4.74 Å². The Hall–Kier alpha value is -2.25. The van der Waals surface area contributed by atoms with Crippen LogP contribution in [0.4, 0.5) is 0 Å². The first-order valence-electron chi connectivity index (χ1n) is 5.22. The molecule has 0 atom stereocenters. The molecule has 0 aliphatic heterocycles. The summed E-state index contributed by atoms with van der Waals surface area (Å²) in [7, 11) is 1.20. The van der Waals surface area contributed by atoms with Gasteiger partial charge < -0.3 is 9.47 Å². The van der Waals surface area contributed by atoms with Crippen molar-refractivity contribution in [3.8, 4) is 0 Å². The second kappa shape index (κ2) is 6.48. The lowest BCUT2D eigenvalue weighted by molar-refractivity contribution is -0.143. The zero-order valence-electron chi connectivity index (χ0n) is 10.1. The van der Waals surface area contributed by atoms with E-state index < -0.39 is 11.9 Å². The van der Waals surface area contributed by atoms with Crippen LogP contribution >= 0.6 is 0 Å². The van der Waals surface area contributed by atoms with Crippen molar-refractivity contribution in [2.24, 2.45) is 0 Å². The number of ketones is 1. The van der Waals surface area contributed by atoms with E-state index in [2.05, 4.69) is 15.0 Å². The van der Waals surface area contributed by atoms with E-state index in [9.17, 15) is 14.4 Å². The number of Topliss-reactive ketones (excluding diaryl/α,β-unsaturated/α-hetero) is 1. The van der Waals surface area contributed by atoms with Gasteiger partial charge >= 0.3 is 11.9 Å². The molecule has 1 aromatic heterocycles. The molecular weight excluding hydrogens is 242 g/mol. The zero-order chi connectivity index (χ0) is 13.5. The van der Waals surface area contributed by atoms with Crippen molar-refractivity contribution in [2.75, 3.05) is 13.7 Å². The minimum absolute atomic E-state index is 0.0164. The van der Waals surface area contributed by atoms with Crippen LogP contribution in [0.3, 0.4) is 0 Å². The molecule has 8 nitrogen and oxygen atoms in total. The highest BCUT2D eigenvalue weighted by molar-refractivity contribution is 5.95. The van der Waals surface area contributed by atoms with Gasteiger partial charge in [0, 0.05) is 0 Å². The van der Waals surface area contributed by atoms with Gasteiger partial charge in [-0.3, -0.25) is 9.59 Å². The van der Waals surface area contributed by atoms with Crippen LogP contribution in [0.1, 0.15) is 23.8 Å². The van der Waals surface area contributed by atoms with E-state index in [0.29, 0.717) is 0 Å². The molecule has 0 N–H and O–H groups in total. The van der Waals surface area contributed by atoms with Crippen molar-refractivity contribution < 1.29 is 23.9 Å². The van der Waals surface area contributed by atoms with Crippen molar-refractivity contribution in [2.45, 2.75) is 19.9 Å². The molecule has 0 aliphatic rings. The number of esters is 2. The summed E-state index contributed by atoms with van der Waals surface area (Å²) >= 11 is 0. The van der Waals surface area contributed by atoms with Gasteiger partial charge in [0.2, 0.25) is 0 Å². The Labute approximate surface area is 103 Å². The Morgan fingerprint density at radius 3 is 2.72 bits per heavy atom. The number of carbonyl (C=O) groups excluding carboxylic acids is 3. The van der Waals surface area contributed by atoms with E-state index in [1.807, 2.05) is 0 Å². The molecule has 0 aliphatic carbocycles. The van der Waals surface area contributed by atoms with Crippen LogP contribution in [0, 0.1) is 0 Å². The van der Waals surface area contributed by atoms with Crippen LogP contribution < -0.4 is 0 Å². The number of ether oxygens (including phenoxy) is 2. The fourth-order valence-electron chi connectivity index (χ4n) is 1.14. The first-order chi connectivity index (χ1) is 8.56. The summed E-state index contributed by atoms with van der Waals surface area (Å²) in [6, 6.07) is 0. The van der Waals surface area contributed by atoms with Crippen LogP contribution in [0.2, 0.25) is 0 Å². The van der Waals surface area contributed by atoms with Gasteiger partial charge in [-0.2, -0.15) is 0 Å². The number of carbonyl (C=O) groups is 3. The molecule has 98 valence electrons. The largest absolute Gasteiger partial charge is 0.469 e. The Morgan fingerprint density at radius 2 is 2.11 bits per heavy atom. The highest BCUT2D eigenvalue weighted by Crippen LogP contribution is 1.98. The summed E-state index contributed by atoms with van der Waals surface area (Å²) in [6.07, 6.45) is 0.943. The van der Waals surface area contributed by atoms with Crippen molar-refractivity contribution in [1.82, 2.24) is 15.0 Å². The molecule has 1 rings (SSSR count). The molecule has 0 amide bonds. The topological polar surface area (TPSA) is 100 Å². The van der Waals surface area contributed by atoms with E-state index in [-0.39, 0.29) is 31.0 Å². The van der Waals surface area contributed by atoms with Gasteiger partial charge in [0.1, 0.15) is 13.0 Å². The maximum atomic E-state index is 11.4. The summed E-state index contributed by atoms with van der Waals surface area (Å²) in [4.78, 5) is 33.5. The first kappa shape index (κ1) is 13.8. The second-order valence-electron chi connectivity index (χ2n) is 3.31. The van der Waals surface area contributed by atoms with E-state index >= 15 is 0 Å². The van der Waals surface area contributed by atoms with Gasteiger partial charge in [-0.15, -0.1) is 5.10 Å². The summed E-state index contributed by atoms with van der Waals surface area (Å²) in [5.41, 5.74) is 0.0164. The van der Waals surface area contributed by atoms with Crippen molar-refractivity contribution in [3.05, 3.63) is 11.9 Å². The third kappa shape index (κ3) is 3.96. The van der Waals surface area contributed by atoms with E-state index in [1.54, 1.807) is 6.92 Å². The predicted octanol–water partition coefficient (Wildman–Crippen LogP) is -0.413. The van der Waals surface area contributed by atoms with Gasteiger partial charge in [-0.25, -0.2) is 9.48 Å². The molecule has 1 aromatic rings. The average Bonchev–Trinajstić information content (AvgIpc) is 2.77. The molecule has 0 saturated heterocycles. The highest BCUT2D eigenvalue weighted by Gasteiger charge is 2.14. The molecule has 0 aromatic carbocycles. The van der Waals surface area contributed by atoms with Crippen LogP contribution in [0.25, 0.3) is 0 Å². The lowest BCUT2D eigenvalue weighted by atomic mass is 10.3. The number of rotatable bonds is 6. The zero-order valence-corrected chi connectivity index (χ0v) is 10.1. The monoisotopic (exact) mass is 255 g/mol. The first-order valence-corrected chi connectivity index (χ1v) is 5.22. The molecule has 0 radical (unpaired) electrons. The fourth-order valence-corrected chi connectivity index (χ4v) is 1.14. The number of methoxy groups -OCH3 is 1. The lowest BCUT2D eigenvalue weighted by Crippen LogP contribution is -2.15. The standard InChI is InChI=1S/C10H13N3O5/c1-3-18-10(16)8-6-13(12-11-8)5-7(14)4-9(15)17-2/h6H,3-5H2,1-2H3. The van der Waals surface area contributed by atoms with Crippen molar-refractivity contribution in [1.29, 1.82) is 0 Å². The van der Waals surface area contributed by atoms with Gasteiger partial charge in [-0.1, -0.05) is 5.21 Å². The van der Waals surface area contributed by atoms with E-state index in [1.165, 1.54) is 13.3 Å². The molecule has 0 fully saturated rings. The fraction of sp³-hybridized carbons (Fsp3) is 0.500. The van der Waals surface area contributed by atoms with Gasteiger partial charge in [0.25, 0.3) is 0 Å². The maximum Gasteiger partial charge on any atom is 0.360 e. The number of hydrogen-bond donors (Lipinski definition) is 0. The smallest absolute Gasteiger partial charge is 0.360 e. The third-order valence-corrected chi connectivity index (χ3v) is 1.93. The van der Waals surface area contributed by atoms with Crippen LogP contribution in [0.5, 0.6) is 0 Å². The van der Waals surface area contributed by atoms with E-state index in [0.717, 1.165) is 4.68 Å². The molecule has 8 heteroatoms. The second-order valence-corrected chi connectivity index (χ2v) is 3.31. The van der Waals surface area contributed by atoms with Crippen molar-refractivity contribution >= 4 is 17.7 Å². The quantitative estimate of drug-likeness (QED) is 0.503. The maximum absolute atomic E-state index is 11.4. The van der Waals surface area contributed by atoms with Gasteiger partial charge in [-0.05, 0) is 6.92 Å². The summed E-state index contributed by atoms with van der Waals surface area (Å²) in [5.74, 6) is -1.61. The Balaban J connectivity index is 2.56. The molecule has 0 spiro atoms. The highest BCUT2D eigenvalue weighted by atomic mass is 16.5. The van der Waals surface area contributed by atoms with Crippen LogP contribution in [-0.4, -0.2) is 46.4 Å². The number of aromatic nitrogens is 3. The van der Waals surface area contributed by atoms with Gasteiger partial charge in [0.15, 0.2) is 11.5 Å². The molecule has 0 unspecified atom stereocenters. The Kier molecular flexibility index (Phi) is 4.97. The molecule has 18 heavy (non-hydrogen) atoms. The number of hydrogen-bond acceptors (Lipinski definition) is 7. The minimum Gasteiger partial charge on any atom is -0.469 e. The molecule has 0 saturated carbocycles. The Bertz CT molecular complexity index is 454. The summed E-state index contributed by atoms with van der Waals surface area (Å²) in [5, 5.41) is 7.14. The molecular formula is C10H13N3O5. The summed E-state index contributed by atoms with van der Waals surface area (Å²) < 4.78 is 10.2. The third-order valence-electron chi connectivity index (χ3n) is 1.93. The average molecular weight is 255 g/mol. The number of nitrogens with zero attached hydrogens (tertiary/aromatic N) is 3. The summed E-state index contributed by atoms with van der Waals surface area (Å²) in [6.45, 7) is 1.75. The van der Waals surface area contributed by atoms with Crippen molar-refractivity contribution in [3.63, 3.8) is 0 Å². The molecule has 0 bridgehead atoms. The SMILES string of the molecule is CCOC(=O)c1cn(CC(=O)CC(=O)OC)nn1.